The minimum atomic E-state index is -3.74. The highest BCUT2D eigenvalue weighted by Gasteiger charge is 2.17. The largest absolute Gasteiger partial charge is 0.497 e. The molecule has 0 aliphatic rings. The lowest BCUT2D eigenvalue weighted by Gasteiger charge is -2.11. The van der Waals surface area contributed by atoms with Gasteiger partial charge in [-0.3, -0.25) is 0 Å². The first kappa shape index (κ1) is 18.2. The Kier molecular flexibility index (Phi) is 5.74. The molecule has 0 heterocycles. The van der Waals surface area contributed by atoms with E-state index in [0.717, 1.165) is 0 Å². The number of halogens is 2. The lowest BCUT2D eigenvalue weighted by atomic mass is 10.2. The average molecular weight is 357 g/mol. The van der Waals surface area contributed by atoms with Crippen molar-refractivity contribution in [3.8, 4) is 11.5 Å². The fourth-order valence-corrected chi connectivity index (χ4v) is 3.38. The number of rotatable bonds is 7. The van der Waals surface area contributed by atoms with Crippen LogP contribution in [-0.2, 0) is 16.6 Å². The molecule has 2 aromatic rings. The Morgan fingerprint density at radius 3 is 2.50 bits per heavy atom. The van der Waals surface area contributed by atoms with E-state index >= 15 is 0 Å². The Hall–Kier alpha value is -2.19. The van der Waals surface area contributed by atoms with Crippen molar-refractivity contribution >= 4 is 10.0 Å². The minimum Gasteiger partial charge on any atom is -0.497 e. The topological polar surface area (TPSA) is 64.6 Å². The van der Waals surface area contributed by atoms with Gasteiger partial charge in [0, 0.05) is 6.54 Å². The molecule has 0 radical (unpaired) electrons. The molecular formula is C16H17F2NO4S. The molecule has 0 saturated carbocycles. The maximum absolute atomic E-state index is 12.4. The molecule has 0 fully saturated rings. The summed E-state index contributed by atoms with van der Waals surface area (Å²) in [5.41, 5.74) is 1.04. The van der Waals surface area contributed by atoms with Crippen molar-refractivity contribution in [1.82, 2.24) is 4.72 Å². The van der Waals surface area contributed by atoms with Gasteiger partial charge in [-0.25, -0.2) is 13.1 Å². The van der Waals surface area contributed by atoms with Crippen LogP contribution in [0.15, 0.2) is 47.4 Å². The molecule has 0 aliphatic heterocycles. The van der Waals surface area contributed by atoms with Gasteiger partial charge >= 0.3 is 6.61 Å². The van der Waals surface area contributed by atoms with E-state index in [-0.39, 0.29) is 17.2 Å². The van der Waals surface area contributed by atoms with Crippen LogP contribution in [0.25, 0.3) is 0 Å². The lowest BCUT2D eigenvalue weighted by Crippen LogP contribution is -2.24. The van der Waals surface area contributed by atoms with E-state index in [2.05, 4.69) is 9.46 Å². The van der Waals surface area contributed by atoms with Crippen LogP contribution < -0.4 is 14.2 Å². The standard InChI is InChI=1S/C16H17F2NO4S/c1-11-8-13(22-2)6-7-15(11)24(20,21)19-10-12-4-3-5-14(9-12)23-16(17)18/h3-9,16,19H,10H2,1-2H3. The summed E-state index contributed by atoms with van der Waals surface area (Å²) in [6.07, 6.45) is 0. The molecule has 8 heteroatoms. The third-order valence-electron chi connectivity index (χ3n) is 3.26. The predicted octanol–water partition coefficient (Wildman–Crippen LogP) is 3.08. The highest BCUT2D eigenvalue weighted by molar-refractivity contribution is 7.89. The van der Waals surface area contributed by atoms with Crippen molar-refractivity contribution in [3.63, 3.8) is 0 Å². The lowest BCUT2D eigenvalue weighted by molar-refractivity contribution is -0.0498. The molecule has 2 rings (SSSR count). The summed E-state index contributed by atoms with van der Waals surface area (Å²) in [5.74, 6) is 0.533. The second kappa shape index (κ2) is 7.59. The van der Waals surface area contributed by atoms with Crippen LogP contribution in [0, 0.1) is 6.92 Å². The van der Waals surface area contributed by atoms with Crippen LogP contribution >= 0.6 is 0 Å². The van der Waals surface area contributed by atoms with E-state index < -0.39 is 16.6 Å². The molecule has 0 spiro atoms. The molecule has 0 aliphatic carbocycles. The van der Waals surface area contributed by atoms with Gasteiger partial charge in [-0.05, 0) is 48.4 Å². The Morgan fingerprint density at radius 1 is 1.12 bits per heavy atom. The van der Waals surface area contributed by atoms with E-state index in [1.54, 1.807) is 25.1 Å². The third kappa shape index (κ3) is 4.65. The summed E-state index contributed by atoms with van der Waals surface area (Å²) >= 11 is 0. The van der Waals surface area contributed by atoms with Crippen LogP contribution in [0.5, 0.6) is 11.5 Å². The first-order chi connectivity index (χ1) is 11.3. The number of alkyl halides is 2. The molecule has 0 aromatic heterocycles. The van der Waals surface area contributed by atoms with Crippen molar-refractivity contribution in [2.75, 3.05) is 7.11 Å². The average Bonchev–Trinajstić information content (AvgIpc) is 2.52. The smallest absolute Gasteiger partial charge is 0.387 e. The minimum absolute atomic E-state index is 0.0256. The van der Waals surface area contributed by atoms with Crippen molar-refractivity contribution < 1.29 is 26.7 Å². The van der Waals surface area contributed by atoms with Gasteiger partial charge in [-0.15, -0.1) is 0 Å². The van der Waals surface area contributed by atoms with Gasteiger partial charge in [0.15, 0.2) is 0 Å². The van der Waals surface area contributed by atoms with E-state index in [0.29, 0.717) is 16.9 Å². The van der Waals surface area contributed by atoms with Gasteiger partial charge in [0.05, 0.1) is 12.0 Å². The molecule has 0 unspecified atom stereocenters. The van der Waals surface area contributed by atoms with Crippen LogP contribution in [0.2, 0.25) is 0 Å². The van der Waals surface area contributed by atoms with Crippen molar-refractivity contribution in [3.05, 3.63) is 53.6 Å². The van der Waals surface area contributed by atoms with Gasteiger partial charge in [-0.1, -0.05) is 12.1 Å². The number of benzene rings is 2. The molecule has 0 saturated heterocycles. The molecule has 2 aromatic carbocycles. The summed E-state index contributed by atoms with van der Waals surface area (Å²) < 4.78 is 61.0. The Labute approximate surface area is 139 Å². The Morgan fingerprint density at radius 2 is 1.88 bits per heavy atom. The normalized spacial score (nSPS) is 11.5. The molecule has 1 N–H and O–H groups in total. The summed E-state index contributed by atoms with van der Waals surface area (Å²) in [6, 6.07) is 10.5. The monoisotopic (exact) mass is 357 g/mol. The third-order valence-corrected chi connectivity index (χ3v) is 4.82. The fourth-order valence-electron chi connectivity index (χ4n) is 2.14. The van der Waals surface area contributed by atoms with Crippen LogP contribution in [-0.4, -0.2) is 22.1 Å². The van der Waals surface area contributed by atoms with Crippen LogP contribution in [0.4, 0.5) is 8.78 Å². The highest BCUT2D eigenvalue weighted by Crippen LogP contribution is 2.21. The van der Waals surface area contributed by atoms with Gasteiger partial charge in [0.1, 0.15) is 11.5 Å². The summed E-state index contributed by atoms with van der Waals surface area (Å²) in [7, 11) is -2.25. The predicted molar refractivity (Wildman–Crippen MR) is 84.8 cm³/mol. The van der Waals surface area contributed by atoms with E-state index in [9.17, 15) is 17.2 Å². The van der Waals surface area contributed by atoms with Crippen molar-refractivity contribution in [2.24, 2.45) is 0 Å². The Bertz CT molecular complexity index is 809. The summed E-state index contributed by atoms with van der Waals surface area (Å²) in [4.78, 5) is 0.128. The van der Waals surface area contributed by atoms with Gasteiger partial charge in [-0.2, -0.15) is 8.78 Å². The summed E-state index contributed by atoms with van der Waals surface area (Å²) in [6.45, 7) is -1.32. The van der Waals surface area contributed by atoms with Crippen LogP contribution in [0.3, 0.4) is 0 Å². The molecule has 24 heavy (non-hydrogen) atoms. The number of methoxy groups -OCH3 is 1. The van der Waals surface area contributed by atoms with Gasteiger partial charge in [0.25, 0.3) is 0 Å². The first-order valence-corrected chi connectivity index (χ1v) is 8.48. The number of nitrogens with one attached hydrogen (secondary N) is 1. The Balaban J connectivity index is 2.13. The number of aryl methyl sites for hydroxylation is 1. The number of ether oxygens (including phenoxy) is 2. The van der Waals surface area contributed by atoms with Crippen molar-refractivity contribution in [1.29, 1.82) is 0 Å². The zero-order chi connectivity index (χ0) is 17.7. The van der Waals surface area contributed by atoms with Crippen LogP contribution in [0.1, 0.15) is 11.1 Å². The highest BCUT2D eigenvalue weighted by atomic mass is 32.2. The molecule has 0 atom stereocenters. The second-order valence-corrected chi connectivity index (χ2v) is 6.72. The zero-order valence-electron chi connectivity index (χ0n) is 13.1. The molecule has 130 valence electrons. The molecular weight excluding hydrogens is 340 g/mol. The number of hydrogen-bond acceptors (Lipinski definition) is 4. The van der Waals surface area contributed by atoms with E-state index in [1.165, 1.54) is 31.4 Å². The van der Waals surface area contributed by atoms with Gasteiger partial charge < -0.3 is 9.47 Å². The summed E-state index contributed by atoms with van der Waals surface area (Å²) in [5, 5.41) is 0. The quantitative estimate of drug-likeness (QED) is 0.827. The van der Waals surface area contributed by atoms with E-state index in [4.69, 9.17) is 4.74 Å². The SMILES string of the molecule is COc1ccc(S(=O)(=O)NCc2cccc(OC(F)F)c2)c(C)c1. The maximum Gasteiger partial charge on any atom is 0.387 e. The molecule has 0 amide bonds. The second-order valence-electron chi connectivity index (χ2n) is 4.98. The maximum atomic E-state index is 12.4. The first-order valence-electron chi connectivity index (χ1n) is 7.00. The molecule has 0 bridgehead atoms. The number of hydrogen-bond donors (Lipinski definition) is 1. The van der Waals surface area contributed by atoms with E-state index in [1.807, 2.05) is 0 Å². The zero-order valence-corrected chi connectivity index (χ0v) is 13.9. The van der Waals surface area contributed by atoms with Crippen molar-refractivity contribution in [2.45, 2.75) is 25.0 Å². The van der Waals surface area contributed by atoms with Gasteiger partial charge in [0.2, 0.25) is 10.0 Å². The fraction of sp³-hybridized carbons (Fsp3) is 0.250. The number of sulfonamides is 1. The molecule has 5 nitrogen and oxygen atoms in total.